The van der Waals surface area contributed by atoms with Crippen molar-refractivity contribution in [3.63, 3.8) is 0 Å². The number of anilines is 1. The van der Waals surface area contributed by atoms with E-state index in [1.165, 1.54) is 0 Å². The minimum Gasteiger partial charge on any atom is -0.480 e. The molecule has 0 unspecified atom stereocenters. The fourth-order valence-electron chi connectivity index (χ4n) is 3.18. The summed E-state index contributed by atoms with van der Waals surface area (Å²) in [5.74, 6) is -1.16. The van der Waals surface area contributed by atoms with E-state index >= 15 is 0 Å². The summed E-state index contributed by atoms with van der Waals surface area (Å²) >= 11 is 0. The van der Waals surface area contributed by atoms with Crippen LogP contribution in [0.25, 0.3) is 0 Å². The fourth-order valence-corrected chi connectivity index (χ4v) is 3.18. The van der Waals surface area contributed by atoms with Gasteiger partial charge in [0.1, 0.15) is 6.04 Å². The van der Waals surface area contributed by atoms with Gasteiger partial charge in [-0.25, -0.2) is 9.59 Å². The molecule has 21 heavy (non-hydrogen) atoms. The molecule has 1 aliphatic heterocycles. The lowest BCUT2D eigenvalue weighted by Gasteiger charge is -2.34. The van der Waals surface area contributed by atoms with Crippen LogP contribution >= 0.6 is 0 Å². The van der Waals surface area contributed by atoms with E-state index in [4.69, 9.17) is 4.74 Å². The Morgan fingerprint density at radius 2 is 2.24 bits per heavy atom. The number of ether oxygens (including phenoxy) is 1. The molecule has 0 aromatic heterocycles. The molecule has 1 heterocycles. The molecule has 0 amide bonds. The van der Waals surface area contributed by atoms with E-state index in [1.807, 2.05) is 18.2 Å². The average Bonchev–Trinajstić information content (AvgIpc) is 2.95. The fraction of sp³-hybridized carbons (Fsp3) is 0.375. The molecule has 5 nitrogen and oxygen atoms in total. The van der Waals surface area contributed by atoms with Gasteiger partial charge in [-0.3, -0.25) is 0 Å². The highest BCUT2D eigenvalue weighted by atomic mass is 16.5. The minimum atomic E-state index is -0.839. The Morgan fingerprint density at radius 3 is 2.95 bits per heavy atom. The molecular weight excluding hydrogens is 270 g/mol. The average molecular weight is 287 g/mol. The number of benzene rings is 1. The maximum absolute atomic E-state index is 11.8. The van der Waals surface area contributed by atoms with Crippen LogP contribution in [0.5, 0.6) is 0 Å². The topological polar surface area (TPSA) is 75.6 Å². The number of carboxylic acid groups (broad SMARTS) is 1. The quantitative estimate of drug-likeness (QED) is 0.659. The molecule has 3 atom stereocenters. The van der Waals surface area contributed by atoms with Gasteiger partial charge in [0.05, 0.1) is 12.2 Å². The second kappa shape index (κ2) is 5.24. The zero-order valence-electron chi connectivity index (χ0n) is 11.7. The summed E-state index contributed by atoms with van der Waals surface area (Å²) in [5, 5.41) is 12.4. The number of carbonyl (C=O) groups is 2. The lowest BCUT2D eigenvalue weighted by atomic mass is 9.79. The van der Waals surface area contributed by atoms with Crippen LogP contribution in [-0.4, -0.2) is 29.7 Å². The van der Waals surface area contributed by atoms with Crippen LogP contribution < -0.4 is 5.32 Å². The van der Waals surface area contributed by atoms with Crippen LogP contribution in [-0.2, 0) is 9.53 Å². The molecule has 0 radical (unpaired) electrons. The van der Waals surface area contributed by atoms with Crippen molar-refractivity contribution >= 4 is 17.6 Å². The number of aliphatic carboxylic acids is 1. The summed E-state index contributed by atoms with van der Waals surface area (Å²) in [7, 11) is 0. The molecule has 110 valence electrons. The van der Waals surface area contributed by atoms with Gasteiger partial charge < -0.3 is 15.2 Å². The van der Waals surface area contributed by atoms with E-state index in [9.17, 15) is 14.7 Å². The van der Waals surface area contributed by atoms with Gasteiger partial charge in [0.15, 0.2) is 0 Å². The van der Waals surface area contributed by atoms with E-state index in [1.54, 1.807) is 19.1 Å². The van der Waals surface area contributed by atoms with Crippen LogP contribution in [0.2, 0.25) is 0 Å². The summed E-state index contributed by atoms with van der Waals surface area (Å²) < 4.78 is 5.02. The Hall–Kier alpha value is -2.30. The SMILES string of the molecule is CCOC(=O)c1ccc2c(c1)[C@H]1C=CC[C@@H]1[C@@H](C(=O)O)N2. The number of nitrogens with one attached hydrogen (secondary N) is 1. The maximum atomic E-state index is 11.8. The van der Waals surface area contributed by atoms with E-state index < -0.39 is 12.0 Å². The number of hydrogen-bond acceptors (Lipinski definition) is 4. The molecule has 5 heteroatoms. The second-order valence-corrected chi connectivity index (χ2v) is 5.34. The van der Waals surface area contributed by atoms with Gasteiger partial charge >= 0.3 is 11.9 Å². The van der Waals surface area contributed by atoms with Gasteiger partial charge in [0, 0.05) is 17.5 Å². The third-order valence-corrected chi connectivity index (χ3v) is 4.14. The number of hydrogen-bond donors (Lipinski definition) is 2. The monoisotopic (exact) mass is 287 g/mol. The molecule has 2 N–H and O–H groups in total. The van der Waals surface area contributed by atoms with Crippen molar-refractivity contribution in [2.24, 2.45) is 5.92 Å². The van der Waals surface area contributed by atoms with Crippen molar-refractivity contribution in [3.8, 4) is 0 Å². The van der Waals surface area contributed by atoms with Gasteiger partial charge in [-0.2, -0.15) is 0 Å². The first-order chi connectivity index (χ1) is 10.1. The zero-order chi connectivity index (χ0) is 15.0. The van der Waals surface area contributed by atoms with Crippen molar-refractivity contribution in [2.45, 2.75) is 25.3 Å². The Balaban J connectivity index is 1.99. The summed E-state index contributed by atoms with van der Waals surface area (Å²) in [6.07, 6.45) is 4.78. The van der Waals surface area contributed by atoms with Crippen molar-refractivity contribution in [1.29, 1.82) is 0 Å². The molecule has 1 aromatic rings. The van der Waals surface area contributed by atoms with Gasteiger partial charge in [0.25, 0.3) is 0 Å². The van der Waals surface area contributed by atoms with E-state index in [0.29, 0.717) is 12.2 Å². The Bertz CT molecular complexity index is 623. The number of rotatable bonds is 3. The van der Waals surface area contributed by atoms with Crippen LogP contribution in [0.3, 0.4) is 0 Å². The molecule has 0 saturated carbocycles. The number of allylic oxidation sites excluding steroid dienone is 2. The smallest absolute Gasteiger partial charge is 0.338 e. The number of carboxylic acids is 1. The summed E-state index contributed by atoms with van der Waals surface area (Å²) in [4.78, 5) is 23.2. The van der Waals surface area contributed by atoms with E-state index in [-0.39, 0.29) is 17.8 Å². The van der Waals surface area contributed by atoms with Crippen molar-refractivity contribution in [1.82, 2.24) is 0 Å². The molecule has 0 saturated heterocycles. The van der Waals surface area contributed by atoms with Crippen LogP contribution in [0.15, 0.2) is 30.4 Å². The van der Waals surface area contributed by atoms with Crippen molar-refractivity contribution < 1.29 is 19.4 Å². The lowest BCUT2D eigenvalue weighted by Crippen LogP contribution is -2.41. The highest BCUT2D eigenvalue weighted by Gasteiger charge is 2.40. The van der Waals surface area contributed by atoms with E-state index in [2.05, 4.69) is 5.32 Å². The first-order valence-electron chi connectivity index (χ1n) is 7.09. The molecule has 0 bridgehead atoms. The Morgan fingerprint density at radius 1 is 1.43 bits per heavy atom. The Labute approximate surface area is 122 Å². The van der Waals surface area contributed by atoms with E-state index in [0.717, 1.165) is 17.7 Å². The number of fused-ring (bicyclic) bond motifs is 3. The Kier molecular flexibility index (Phi) is 3.41. The lowest BCUT2D eigenvalue weighted by molar-refractivity contribution is -0.139. The highest BCUT2D eigenvalue weighted by Crippen LogP contribution is 2.44. The van der Waals surface area contributed by atoms with Crippen LogP contribution in [0, 0.1) is 5.92 Å². The number of carbonyl (C=O) groups excluding carboxylic acids is 1. The predicted molar refractivity (Wildman–Crippen MR) is 77.4 cm³/mol. The first kappa shape index (κ1) is 13.7. The van der Waals surface area contributed by atoms with Gasteiger partial charge in [-0.05, 0) is 37.1 Å². The summed E-state index contributed by atoms with van der Waals surface area (Å²) in [6.45, 7) is 2.10. The van der Waals surface area contributed by atoms with Gasteiger partial charge in [-0.15, -0.1) is 0 Å². The first-order valence-corrected chi connectivity index (χ1v) is 7.09. The minimum absolute atomic E-state index is 0.00699. The third-order valence-electron chi connectivity index (χ3n) is 4.14. The largest absolute Gasteiger partial charge is 0.480 e. The summed E-state index contributed by atoms with van der Waals surface area (Å²) in [5.41, 5.74) is 2.25. The normalized spacial score (nSPS) is 25.7. The van der Waals surface area contributed by atoms with Crippen LogP contribution in [0.4, 0.5) is 5.69 Å². The molecule has 2 aliphatic rings. The standard InChI is InChI=1S/C16H17NO4/c1-2-21-16(20)9-6-7-13-12(8-9)10-4-3-5-11(10)14(17-13)15(18)19/h3-4,6-8,10-11,14,17H,2,5H2,1H3,(H,18,19)/t10-,11-,14-/m0/s1. The van der Waals surface area contributed by atoms with Crippen molar-refractivity contribution in [3.05, 3.63) is 41.5 Å². The van der Waals surface area contributed by atoms with Crippen LogP contribution in [0.1, 0.15) is 35.2 Å². The summed E-state index contributed by atoms with van der Waals surface area (Å²) in [6, 6.07) is 4.65. The highest BCUT2D eigenvalue weighted by molar-refractivity contribution is 5.91. The second-order valence-electron chi connectivity index (χ2n) is 5.34. The van der Waals surface area contributed by atoms with Gasteiger partial charge in [0.2, 0.25) is 0 Å². The van der Waals surface area contributed by atoms with Gasteiger partial charge in [-0.1, -0.05) is 12.2 Å². The molecule has 3 rings (SSSR count). The zero-order valence-corrected chi connectivity index (χ0v) is 11.7. The maximum Gasteiger partial charge on any atom is 0.338 e. The molecule has 0 fully saturated rings. The molecule has 0 spiro atoms. The predicted octanol–water partition coefficient (Wildman–Crippen LogP) is 2.40. The third kappa shape index (κ3) is 2.28. The molecular formula is C16H17NO4. The van der Waals surface area contributed by atoms with Crippen molar-refractivity contribution in [2.75, 3.05) is 11.9 Å². The molecule has 1 aromatic carbocycles. The number of esters is 1. The molecule has 1 aliphatic carbocycles.